The summed E-state index contributed by atoms with van der Waals surface area (Å²) in [5.74, 6) is -2.19. The Labute approximate surface area is 221 Å². The van der Waals surface area contributed by atoms with Crippen LogP contribution < -0.4 is 15.1 Å². The lowest BCUT2D eigenvalue weighted by Crippen LogP contribution is -2.46. The van der Waals surface area contributed by atoms with Gasteiger partial charge in [0.1, 0.15) is 5.69 Å². The highest BCUT2D eigenvalue weighted by atomic mass is 19.3. The minimum Gasteiger partial charge on any atom is -0.377 e. The fraction of sp³-hybridized carbons (Fsp3) is 0.571. The Kier molecular flexibility index (Phi) is 7.35. The summed E-state index contributed by atoms with van der Waals surface area (Å²) in [6, 6.07) is 4.69. The summed E-state index contributed by atoms with van der Waals surface area (Å²) >= 11 is 0. The van der Waals surface area contributed by atoms with Crippen molar-refractivity contribution in [2.75, 3.05) is 36.1 Å². The molecule has 2 fully saturated rings. The number of nitrogens with one attached hydrogen (secondary N) is 1. The molecule has 4 atom stereocenters. The van der Waals surface area contributed by atoms with Crippen molar-refractivity contribution in [2.24, 2.45) is 5.92 Å². The molecule has 4 heterocycles. The number of alkyl halides is 2. The summed E-state index contributed by atoms with van der Waals surface area (Å²) in [6.07, 6.45) is 5.97. The lowest BCUT2D eigenvalue weighted by molar-refractivity contribution is -0.119. The molecule has 204 valence electrons. The van der Waals surface area contributed by atoms with E-state index in [4.69, 9.17) is 9.72 Å². The molecular weight excluding hydrogens is 492 g/mol. The smallest absolute Gasteiger partial charge is 0.286 e. The van der Waals surface area contributed by atoms with Gasteiger partial charge in [-0.25, -0.2) is 4.98 Å². The van der Waals surface area contributed by atoms with E-state index >= 15 is 0 Å². The van der Waals surface area contributed by atoms with Gasteiger partial charge in [-0.1, -0.05) is 6.92 Å². The van der Waals surface area contributed by atoms with Gasteiger partial charge < -0.3 is 15.0 Å². The predicted molar refractivity (Wildman–Crippen MR) is 140 cm³/mol. The SMILES string of the molecule is CCN1C(=O)CC2COCCN2c2cc(C3CC(NC(=O)c4ccnc(C(C)(F)F)c4)CCC3C)cnc21. The van der Waals surface area contributed by atoms with E-state index in [9.17, 15) is 18.4 Å². The predicted octanol–water partition coefficient (Wildman–Crippen LogP) is 4.25. The maximum atomic E-state index is 13.7. The molecule has 10 heteroatoms. The molecule has 8 nitrogen and oxygen atoms in total. The lowest BCUT2D eigenvalue weighted by atomic mass is 9.74. The van der Waals surface area contributed by atoms with Crippen molar-refractivity contribution in [3.05, 3.63) is 47.4 Å². The van der Waals surface area contributed by atoms with Crippen LogP contribution in [0.3, 0.4) is 0 Å². The van der Waals surface area contributed by atoms with Crippen LogP contribution in [0.25, 0.3) is 0 Å². The van der Waals surface area contributed by atoms with E-state index in [1.807, 2.05) is 13.1 Å². The van der Waals surface area contributed by atoms with E-state index in [2.05, 4.69) is 28.2 Å². The number of ether oxygens (including phenoxy) is 1. The molecule has 2 aromatic rings. The summed E-state index contributed by atoms with van der Waals surface area (Å²) in [6.45, 7) is 7.32. The fourth-order valence-corrected chi connectivity index (χ4v) is 5.98. The first-order valence-corrected chi connectivity index (χ1v) is 13.5. The molecule has 2 amide bonds. The third-order valence-corrected chi connectivity index (χ3v) is 8.12. The zero-order valence-corrected chi connectivity index (χ0v) is 22.1. The van der Waals surface area contributed by atoms with E-state index in [-0.39, 0.29) is 35.4 Å². The molecule has 1 N–H and O–H groups in total. The third-order valence-electron chi connectivity index (χ3n) is 8.12. The van der Waals surface area contributed by atoms with Gasteiger partial charge in [-0.15, -0.1) is 0 Å². The third kappa shape index (κ3) is 5.23. The van der Waals surface area contributed by atoms with E-state index < -0.39 is 11.6 Å². The quantitative estimate of drug-likeness (QED) is 0.626. The molecule has 0 aromatic carbocycles. The van der Waals surface area contributed by atoms with Crippen molar-refractivity contribution >= 4 is 23.3 Å². The average molecular weight is 528 g/mol. The molecule has 38 heavy (non-hydrogen) atoms. The van der Waals surface area contributed by atoms with Crippen LogP contribution in [0.2, 0.25) is 0 Å². The second-order valence-corrected chi connectivity index (χ2v) is 10.8. The van der Waals surface area contributed by atoms with Crippen LogP contribution in [-0.2, 0) is 15.5 Å². The van der Waals surface area contributed by atoms with Crippen LogP contribution in [-0.4, -0.2) is 60.2 Å². The fourth-order valence-electron chi connectivity index (χ4n) is 5.98. The molecule has 0 bridgehead atoms. The molecule has 0 radical (unpaired) electrons. The summed E-state index contributed by atoms with van der Waals surface area (Å²) in [4.78, 5) is 38.5. The standard InChI is InChI=1S/C28H35F2N5O3/c1-4-34-25(36)14-21-16-38-10-9-35(21)23-11-19(15-32-26(23)34)22-13-20(6-5-17(22)2)33-27(37)18-7-8-31-24(12-18)28(3,29)30/h7-8,11-12,15,17,20-22H,4-6,9-10,13-14,16H2,1-3H3,(H,33,37). The number of fused-ring (bicyclic) bond motifs is 3. The molecular formula is C28H35F2N5O3. The van der Waals surface area contributed by atoms with Crippen LogP contribution >= 0.6 is 0 Å². The Bertz CT molecular complexity index is 1200. The summed E-state index contributed by atoms with van der Waals surface area (Å²) in [5.41, 5.74) is 1.81. The van der Waals surface area contributed by atoms with Crippen molar-refractivity contribution in [3.63, 3.8) is 0 Å². The second-order valence-electron chi connectivity index (χ2n) is 10.8. The second kappa shape index (κ2) is 10.6. The van der Waals surface area contributed by atoms with Gasteiger partial charge in [0.2, 0.25) is 5.91 Å². The first-order chi connectivity index (χ1) is 18.2. The number of halogens is 2. The number of pyridine rings is 2. The summed E-state index contributed by atoms with van der Waals surface area (Å²) in [7, 11) is 0. The number of morpholine rings is 1. The first-order valence-electron chi connectivity index (χ1n) is 13.5. The van der Waals surface area contributed by atoms with E-state index in [1.54, 1.807) is 4.90 Å². The number of rotatable bonds is 5. The molecule has 1 saturated heterocycles. The Morgan fingerprint density at radius 1 is 1.26 bits per heavy atom. The van der Waals surface area contributed by atoms with Gasteiger partial charge in [-0.2, -0.15) is 8.78 Å². The van der Waals surface area contributed by atoms with Crippen LogP contribution in [0.4, 0.5) is 20.3 Å². The normalized spacial score (nSPS) is 25.9. The lowest BCUT2D eigenvalue weighted by Gasteiger charge is -2.38. The molecule has 2 aromatic heterocycles. The minimum absolute atomic E-state index is 0.0137. The molecule has 1 saturated carbocycles. The Morgan fingerprint density at radius 2 is 2.08 bits per heavy atom. The maximum absolute atomic E-state index is 13.7. The molecule has 5 rings (SSSR count). The average Bonchev–Trinajstić information content (AvgIpc) is 3.02. The van der Waals surface area contributed by atoms with Gasteiger partial charge in [0.05, 0.1) is 24.9 Å². The van der Waals surface area contributed by atoms with Gasteiger partial charge >= 0.3 is 0 Å². The van der Waals surface area contributed by atoms with Gasteiger partial charge in [-0.05, 0) is 61.8 Å². The Balaban J connectivity index is 1.38. The van der Waals surface area contributed by atoms with Crippen molar-refractivity contribution in [1.82, 2.24) is 15.3 Å². The highest BCUT2D eigenvalue weighted by Crippen LogP contribution is 2.42. The topological polar surface area (TPSA) is 87.7 Å². The number of carbonyl (C=O) groups excluding carboxylic acids is 2. The number of anilines is 2. The van der Waals surface area contributed by atoms with E-state index in [1.165, 1.54) is 12.3 Å². The van der Waals surface area contributed by atoms with E-state index in [0.717, 1.165) is 43.5 Å². The number of hydrogen-bond donors (Lipinski definition) is 1. The minimum atomic E-state index is -3.11. The van der Waals surface area contributed by atoms with E-state index in [0.29, 0.717) is 44.5 Å². The number of nitrogens with zero attached hydrogens (tertiary/aromatic N) is 4. The van der Waals surface area contributed by atoms with Crippen LogP contribution in [0.15, 0.2) is 30.6 Å². The maximum Gasteiger partial charge on any atom is 0.286 e. The zero-order chi connectivity index (χ0) is 27.0. The number of amides is 2. The molecule has 2 aliphatic heterocycles. The highest BCUT2D eigenvalue weighted by molar-refractivity contribution is 5.98. The molecule has 1 aliphatic carbocycles. The van der Waals surface area contributed by atoms with Crippen LogP contribution in [0.1, 0.15) is 74.0 Å². The monoisotopic (exact) mass is 527 g/mol. The van der Waals surface area contributed by atoms with Gasteiger partial charge in [0.25, 0.3) is 11.8 Å². The van der Waals surface area contributed by atoms with Gasteiger partial charge in [0, 0.05) is 50.4 Å². The molecule has 0 spiro atoms. The molecule has 4 unspecified atom stereocenters. The Hall–Kier alpha value is -3.14. The van der Waals surface area contributed by atoms with Crippen LogP contribution in [0, 0.1) is 5.92 Å². The zero-order valence-electron chi connectivity index (χ0n) is 22.1. The summed E-state index contributed by atoms with van der Waals surface area (Å²) < 4.78 is 33.1. The van der Waals surface area contributed by atoms with Crippen molar-refractivity contribution in [2.45, 2.75) is 70.4 Å². The highest BCUT2D eigenvalue weighted by Gasteiger charge is 2.37. The largest absolute Gasteiger partial charge is 0.377 e. The van der Waals surface area contributed by atoms with Gasteiger partial charge in [0.15, 0.2) is 5.82 Å². The van der Waals surface area contributed by atoms with Crippen molar-refractivity contribution in [1.29, 1.82) is 0 Å². The number of carbonyl (C=O) groups is 2. The van der Waals surface area contributed by atoms with Crippen molar-refractivity contribution < 1.29 is 23.1 Å². The van der Waals surface area contributed by atoms with Crippen molar-refractivity contribution in [3.8, 4) is 0 Å². The summed E-state index contributed by atoms with van der Waals surface area (Å²) in [5, 5.41) is 3.06. The Morgan fingerprint density at radius 3 is 2.84 bits per heavy atom. The number of aromatic nitrogens is 2. The molecule has 3 aliphatic rings. The van der Waals surface area contributed by atoms with Crippen LogP contribution in [0.5, 0.6) is 0 Å². The van der Waals surface area contributed by atoms with Gasteiger partial charge in [-0.3, -0.25) is 19.5 Å². The number of hydrogen-bond acceptors (Lipinski definition) is 6. The first kappa shape index (κ1) is 26.5.